The van der Waals surface area contributed by atoms with Crippen LogP contribution in [-0.4, -0.2) is 23.1 Å². The molecular formula is C14H14ClNO4S2. The van der Waals surface area contributed by atoms with Gasteiger partial charge in [-0.3, -0.25) is 4.72 Å². The quantitative estimate of drug-likeness (QED) is 0.910. The van der Waals surface area contributed by atoms with Gasteiger partial charge >= 0.3 is 0 Å². The molecule has 22 heavy (non-hydrogen) atoms. The Morgan fingerprint density at radius 3 is 2.09 bits per heavy atom. The highest BCUT2D eigenvalue weighted by Gasteiger charge is 2.21. The van der Waals surface area contributed by atoms with Crippen molar-refractivity contribution in [3.63, 3.8) is 0 Å². The van der Waals surface area contributed by atoms with Gasteiger partial charge in [0.15, 0.2) is 9.84 Å². The maximum absolute atomic E-state index is 12.4. The lowest BCUT2D eigenvalue weighted by atomic mass is 10.2. The summed E-state index contributed by atoms with van der Waals surface area (Å²) in [7, 11) is -7.52. The summed E-state index contributed by atoms with van der Waals surface area (Å²) < 4.78 is 50.3. The van der Waals surface area contributed by atoms with Gasteiger partial charge in [0.05, 0.1) is 9.92 Å². The summed E-state index contributed by atoms with van der Waals surface area (Å²) >= 11 is 5.91. The molecule has 0 aromatic heterocycles. The zero-order valence-electron chi connectivity index (χ0n) is 11.9. The first-order valence-electron chi connectivity index (χ1n) is 6.19. The van der Waals surface area contributed by atoms with Gasteiger partial charge in [-0.25, -0.2) is 16.8 Å². The van der Waals surface area contributed by atoms with Crippen LogP contribution < -0.4 is 4.72 Å². The van der Waals surface area contributed by atoms with E-state index in [2.05, 4.69) is 4.72 Å². The summed E-state index contributed by atoms with van der Waals surface area (Å²) in [6, 6.07) is 10.3. The molecule has 0 atom stereocenters. The Morgan fingerprint density at radius 2 is 1.55 bits per heavy atom. The van der Waals surface area contributed by atoms with Crippen molar-refractivity contribution < 1.29 is 16.8 Å². The number of sulfonamides is 1. The molecule has 0 spiro atoms. The molecule has 0 aliphatic carbocycles. The highest BCUT2D eigenvalue weighted by Crippen LogP contribution is 2.26. The molecular weight excluding hydrogens is 346 g/mol. The minimum absolute atomic E-state index is 0.0491. The van der Waals surface area contributed by atoms with Crippen molar-refractivity contribution in [3.05, 3.63) is 53.1 Å². The van der Waals surface area contributed by atoms with Crippen molar-refractivity contribution in [2.75, 3.05) is 11.0 Å². The maximum atomic E-state index is 12.4. The zero-order valence-corrected chi connectivity index (χ0v) is 14.3. The minimum Gasteiger partial charge on any atom is -0.280 e. The Balaban J connectivity index is 2.47. The third-order valence-corrected chi connectivity index (χ3v) is 5.90. The van der Waals surface area contributed by atoms with E-state index in [1.807, 2.05) is 6.92 Å². The number of hydrogen-bond donors (Lipinski definition) is 1. The van der Waals surface area contributed by atoms with Crippen LogP contribution in [0.4, 0.5) is 5.69 Å². The molecule has 0 aliphatic heterocycles. The van der Waals surface area contributed by atoms with E-state index in [0.717, 1.165) is 17.9 Å². The number of nitrogens with one attached hydrogen (secondary N) is 1. The van der Waals surface area contributed by atoms with Crippen LogP contribution in [-0.2, 0) is 19.9 Å². The molecule has 2 aromatic rings. The lowest BCUT2D eigenvalue weighted by molar-refractivity contribution is 0.600. The number of hydrogen-bond acceptors (Lipinski definition) is 4. The van der Waals surface area contributed by atoms with E-state index in [0.29, 0.717) is 5.69 Å². The van der Waals surface area contributed by atoms with Crippen LogP contribution in [0.1, 0.15) is 5.56 Å². The molecule has 0 bridgehead atoms. The highest BCUT2D eigenvalue weighted by atomic mass is 35.5. The minimum atomic E-state index is -3.99. The van der Waals surface area contributed by atoms with Crippen LogP contribution in [0.5, 0.6) is 0 Å². The third kappa shape index (κ3) is 3.79. The molecule has 5 nitrogen and oxygen atoms in total. The Labute approximate surface area is 134 Å². The first-order chi connectivity index (χ1) is 10.1. The molecule has 8 heteroatoms. The van der Waals surface area contributed by atoms with Gasteiger partial charge in [0, 0.05) is 11.9 Å². The van der Waals surface area contributed by atoms with Gasteiger partial charge in [0.2, 0.25) is 0 Å². The predicted molar refractivity (Wildman–Crippen MR) is 86.5 cm³/mol. The second kappa shape index (κ2) is 5.91. The molecule has 0 aliphatic rings. The number of sulfone groups is 1. The predicted octanol–water partition coefficient (Wildman–Crippen LogP) is 2.85. The monoisotopic (exact) mass is 359 g/mol. The largest absolute Gasteiger partial charge is 0.280 e. The summed E-state index contributed by atoms with van der Waals surface area (Å²) in [4.78, 5) is -0.390. The Morgan fingerprint density at radius 1 is 0.955 bits per heavy atom. The van der Waals surface area contributed by atoms with Crippen molar-refractivity contribution >= 4 is 37.1 Å². The molecule has 0 radical (unpaired) electrons. The normalized spacial score (nSPS) is 12.1. The second-order valence-corrected chi connectivity index (χ2v) is 8.91. The Kier molecular flexibility index (Phi) is 4.51. The average molecular weight is 360 g/mol. The summed E-state index contributed by atoms with van der Waals surface area (Å²) in [5.41, 5.74) is 1.35. The maximum Gasteiger partial charge on any atom is 0.263 e. The van der Waals surface area contributed by atoms with Crippen molar-refractivity contribution in [3.8, 4) is 0 Å². The molecule has 2 aromatic carbocycles. The lowest BCUT2D eigenvalue weighted by Crippen LogP contribution is -2.14. The van der Waals surface area contributed by atoms with E-state index in [9.17, 15) is 16.8 Å². The number of rotatable bonds is 4. The number of anilines is 1. The molecule has 0 saturated heterocycles. The highest BCUT2D eigenvalue weighted by molar-refractivity contribution is 7.93. The van der Waals surface area contributed by atoms with E-state index in [1.54, 1.807) is 24.3 Å². The molecule has 0 amide bonds. The van der Waals surface area contributed by atoms with E-state index < -0.39 is 19.9 Å². The molecule has 2 rings (SSSR count). The summed E-state index contributed by atoms with van der Waals surface area (Å²) in [6.45, 7) is 1.88. The van der Waals surface area contributed by atoms with Crippen molar-refractivity contribution in [1.29, 1.82) is 0 Å². The van der Waals surface area contributed by atoms with Gasteiger partial charge in [0.25, 0.3) is 10.0 Å². The van der Waals surface area contributed by atoms with E-state index in [-0.39, 0.29) is 14.8 Å². The SMILES string of the molecule is Cc1ccc(NS(=O)(=O)c2cc(S(C)(=O)=O)ccc2Cl)cc1. The molecule has 0 saturated carbocycles. The first-order valence-corrected chi connectivity index (χ1v) is 9.94. The lowest BCUT2D eigenvalue weighted by Gasteiger charge is -2.11. The Hall–Kier alpha value is -1.57. The molecule has 0 unspecified atom stereocenters. The van der Waals surface area contributed by atoms with Gasteiger partial charge in [-0.15, -0.1) is 0 Å². The number of halogens is 1. The smallest absolute Gasteiger partial charge is 0.263 e. The van der Waals surface area contributed by atoms with Crippen LogP contribution in [0.3, 0.4) is 0 Å². The summed E-state index contributed by atoms with van der Waals surface area (Å²) in [6.07, 6.45) is 1.00. The molecule has 1 N–H and O–H groups in total. The van der Waals surface area contributed by atoms with Gasteiger partial charge in [0.1, 0.15) is 4.90 Å². The fraction of sp³-hybridized carbons (Fsp3) is 0.143. The standard InChI is InChI=1S/C14H14ClNO4S2/c1-10-3-5-11(6-4-10)16-22(19,20)14-9-12(21(2,17)18)7-8-13(14)15/h3-9,16H,1-2H3. The van der Waals surface area contributed by atoms with Gasteiger partial charge in [-0.05, 0) is 37.3 Å². The fourth-order valence-electron chi connectivity index (χ4n) is 1.75. The van der Waals surface area contributed by atoms with Gasteiger partial charge in [-0.1, -0.05) is 29.3 Å². The number of aryl methyl sites for hydroxylation is 1. The van der Waals surface area contributed by atoms with E-state index >= 15 is 0 Å². The van der Waals surface area contributed by atoms with Crippen molar-refractivity contribution in [1.82, 2.24) is 0 Å². The van der Waals surface area contributed by atoms with Gasteiger partial charge in [-0.2, -0.15) is 0 Å². The van der Waals surface area contributed by atoms with Crippen LogP contribution in [0.2, 0.25) is 5.02 Å². The average Bonchev–Trinajstić information content (AvgIpc) is 2.40. The number of benzene rings is 2. The van der Waals surface area contributed by atoms with Crippen LogP contribution in [0.25, 0.3) is 0 Å². The molecule has 118 valence electrons. The Bertz CT molecular complexity index is 904. The fourth-order valence-corrected chi connectivity index (χ4v) is 4.06. The summed E-state index contributed by atoms with van der Waals surface area (Å²) in [5.74, 6) is 0. The first kappa shape index (κ1) is 16.8. The van der Waals surface area contributed by atoms with Crippen molar-refractivity contribution in [2.45, 2.75) is 16.7 Å². The van der Waals surface area contributed by atoms with E-state index in [1.165, 1.54) is 12.1 Å². The zero-order chi connectivity index (χ0) is 16.5. The topological polar surface area (TPSA) is 80.3 Å². The third-order valence-electron chi connectivity index (χ3n) is 2.92. The van der Waals surface area contributed by atoms with E-state index in [4.69, 9.17) is 11.6 Å². The molecule has 0 heterocycles. The van der Waals surface area contributed by atoms with Crippen LogP contribution in [0, 0.1) is 6.92 Å². The molecule has 0 fully saturated rings. The second-order valence-electron chi connectivity index (χ2n) is 4.84. The summed E-state index contributed by atoms with van der Waals surface area (Å²) in [5, 5.41) is -0.0491. The van der Waals surface area contributed by atoms with Crippen LogP contribution >= 0.6 is 11.6 Å². The van der Waals surface area contributed by atoms with Crippen molar-refractivity contribution in [2.24, 2.45) is 0 Å². The van der Waals surface area contributed by atoms with Crippen LogP contribution in [0.15, 0.2) is 52.3 Å². The van der Waals surface area contributed by atoms with Gasteiger partial charge < -0.3 is 0 Å².